The van der Waals surface area contributed by atoms with Crippen LogP contribution in [0, 0.1) is 5.92 Å². The highest BCUT2D eigenvalue weighted by molar-refractivity contribution is 6.35. The van der Waals surface area contributed by atoms with Gasteiger partial charge in [-0.2, -0.15) is 0 Å². The molecule has 0 radical (unpaired) electrons. The number of para-hydroxylation sites is 1. The summed E-state index contributed by atoms with van der Waals surface area (Å²) in [5, 5.41) is 10.8. The SMILES string of the molecule is CCn1c(CC(C)C(=O)O)cc2cccc(Cl)c21. The maximum Gasteiger partial charge on any atom is 0.306 e. The van der Waals surface area contributed by atoms with Gasteiger partial charge in [-0.05, 0) is 19.1 Å². The van der Waals surface area contributed by atoms with E-state index in [2.05, 4.69) is 4.57 Å². The molecule has 2 aromatic rings. The number of carbonyl (C=O) groups is 1. The number of carboxylic acids is 1. The normalized spacial score (nSPS) is 12.8. The largest absolute Gasteiger partial charge is 0.481 e. The third kappa shape index (κ3) is 2.23. The average Bonchev–Trinajstić information content (AvgIpc) is 2.67. The lowest BCUT2D eigenvalue weighted by Crippen LogP contribution is -2.14. The van der Waals surface area contributed by atoms with Crippen LogP contribution < -0.4 is 0 Å². The van der Waals surface area contributed by atoms with Gasteiger partial charge in [0.15, 0.2) is 0 Å². The molecular formula is C14H16ClNO2. The molecular weight excluding hydrogens is 250 g/mol. The van der Waals surface area contributed by atoms with Crippen molar-refractivity contribution in [3.63, 3.8) is 0 Å². The van der Waals surface area contributed by atoms with E-state index in [9.17, 15) is 4.79 Å². The van der Waals surface area contributed by atoms with E-state index in [1.165, 1.54) is 0 Å². The Morgan fingerprint density at radius 1 is 1.50 bits per heavy atom. The number of nitrogens with zero attached hydrogens (tertiary/aromatic N) is 1. The molecule has 3 nitrogen and oxygen atoms in total. The number of fused-ring (bicyclic) bond motifs is 1. The highest BCUT2D eigenvalue weighted by Crippen LogP contribution is 2.28. The third-order valence-corrected chi connectivity index (χ3v) is 3.51. The summed E-state index contributed by atoms with van der Waals surface area (Å²) in [5.74, 6) is -1.16. The summed E-state index contributed by atoms with van der Waals surface area (Å²) in [6.45, 7) is 4.55. The lowest BCUT2D eigenvalue weighted by molar-refractivity contribution is -0.141. The van der Waals surface area contributed by atoms with Crippen LogP contribution in [0.2, 0.25) is 5.02 Å². The minimum Gasteiger partial charge on any atom is -0.481 e. The van der Waals surface area contributed by atoms with Gasteiger partial charge in [0.25, 0.3) is 0 Å². The number of benzene rings is 1. The lowest BCUT2D eigenvalue weighted by Gasteiger charge is -2.10. The molecule has 1 N–H and O–H groups in total. The summed E-state index contributed by atoms with van der Waals surface area (Å²) >= 11 is 6.22. The average molecular weight is 266 g/mol. The molecule has 0 saturated carbocycles. The van der Waals surface area contributed by atoms with Gasteiger partial charge in [-0.15, -0.1) is 0 Å². The number of hydrogen-bond donors (Lipinski definition) is 1. The lowest BCUT2D eigenvalue weighted by atomic mass is 10.1. The van der Waals surface area contributed by atoms with E-state index in [0.29, 0.717) is 11.4 Å². The standard InChI is InChI=1S/C14H16ClNO2/c1-3-16-11(7-9(2)14(17)18)8-10-5-4-6-12(15)13(10)16/h4-6,8-9H,3,7H2,1-2H3,(H,17,18). The Morgan fingerprint density at radius 2 is 2.22 bits per heavy atom. The molecule has 18 heavy (non-hydrogen) atoms. The monoisotopic (exact) mass is 265 g/mol. The highest BCUT2D eigenvalue weighted by atomic mass is 35.5. The van der Waals surface area contributed by atoms with Crippen LogP contribution in [0.1, 0.15) is 19.5 Å². The van der Waals surface area contributed by atoms with Gasteiger partial charge in [-0.1, -0.05) is 30.7 Å². The first-order chi connectivity index (χ1) is 8.54. The molecule has 0 aliphatic heterocycles. The summed E-state index contributed by atoms with van der Waals surface area (Å²) in [7, 11) is 0. The minimum atomic E-state index is -0.769. The summed E-state index contributed by atoms with van der Waals surface area (Å²) in [5.41, 5.74) is 2.02. The molecule has 0 bridgehead atoms. The minimum absolute atomic E-state index is 0.390. The van der Waals surface area contributed by atoms with Crippen LogP contribution in [0.15, 0.2) is 24.3 Å². The van der Waals surface area contributed by atoms with Gasteiger partial charge < -0.3 is 9.67 Å². The Labute approximate surface area is 111 Å². The van der Waals surface area contributed by atoms with Gasteiger partial charge in [0, 0.05) is 24.0 Å². The fourth-order valence-corrected chi connectivity index (χ4v) is 2.55. The maximum atomic E-state index is 11.0. The molecule has 0 saturated heterocycles. The summed E-state index contributed by atoms with van der Waals surface area (Å²) in [4.78, 5) is 11.0. The van der Waals surface area contributed by atoms with Crippen LogP contribution in [0.4, 0.5) is 0 Å². The van der Waals surface area contributed by atoms with Crippen molar-refractivity contribution < 1.29 is 9.90 Å². The summed E-state index contributed by atoms with van der Waals surface area (Å²) in [6, 6.07) is 7.81. The Kier molecular flexibility index (Phi) is 3.62. The van der Waals surface area contributed by atoms with Crippen LogP contribution in [-0.2, 0) is 17.8 Å². The number of aromatic nitrogens is 1. The Morgan fingerprint density at radius 3 is 2.83 bits per heavy atom. The zero-order valence-electron chi connectivity index (χ0n) is 10.5. The van der Waals surface area contributed by atoms with E-state index >= 15 is 0 Å². The number of rotatable bonds is 4. The molecule has 0 aliphatic carbocycles. The van der Waals surface area contributed by atoms with Crippen LogP contribution in [-0.4, -0.2) is 15.6 Å². The van der Waals surface area contributed by atoms with Gasteiger partial charge in [0.05, 0.1) is 16.5 Å². The van der Waals surface area contributed by atoms with Crippen molar-refractivity contribution in [1.82, 2.24) is 4.57 Å². The van der Waals surface area contributed by atoms with Gasteiger partial charge >= 0.3 is 5.97 Å². The van der Waals surface area contributed by atoms with Crippen LogP contribution in [0.5, 0.6) is 0 Å². The first kappa shape index (κ1) is 13.0. The van der Waals surface area contributed by atoms with E-state index in [4.69, 9.17) is 16.7 Å². The van der Waals surface area contributed by atoms with Gasteiger partial charge in [0.1, 0.15) is 0 Å². The Balaban J connectivity index is 2.51. The van der Waals surface area contributed by atoms with Crippen molar-refractivity contribution in [3.8, 4) is 0 Å². The van der Waals surface area contributed by atoms with Crippen molar-refractivity contribution in [1.29, 1.82) is 0 Å². The van der Waals surface area contributed by atoms with Crippen molar-refractivity contribution in [3.05, 3.63) is 35.0 Å². The smallest absolute Gasteiger partial charge is 0.306 e. The van der Waals surface area contributed by atoms with Gasteiger partial charge in [-0.3, -0.25) is 4.79 Å². The second kappa shape index (κ2) is 5.02. The maximum absolute atomic E-state index is 11.0. The van der Waals surface area contributed by atoms with E-state index in [1.807, 2.05) is 31.2 Å². The third-order valence-electron chi connectivity index (χ3n) is 3.21. The molecule has 0 fully saturated rings. The fraction of sp³-hybridized carbons (Fsp3) is 0.357. The molecule has 96 valence electrons. The number of hydrogen-bond acceptors (Lipinski definition) is 1. The van der Waals surface area contributed by atoms with Gasteiger partial charge in [0.2, 0.25) is 0 Å². The molecule has 4 heteroatoms. The number of aliphatic carboxylic acids is 1. The van der Waals surface area contributed by atoms with E-state index in [1.54, 1.807) is 6.92 Å². The molecule has 1 aromatic carbocycles. The van der Waals surface area contributed by atoms with Crippen molar-refractivity contribution in [2.24, 2.45) is 5.92 Å². The molecule has 1 atom stereocenters. The van der Waals surface area contributed by atoms with Crippen molar-refractivity contribution in [2.45, 2.75) is 26.8 Å². The summed E-state index contributed by atoms with van der Waals surface area (Å²) in [6.07, 6.45) is 0.522. The molecule has 1 heterocycles. The van der Waals surface area contributed by atoms with Crippen LogP contribution in [0.25, 0.3) is 10.9 Å². The zero-order chi connectivity index (χ0) is 13.3. The molecule has 1 aromatic heterocycles. The van der Waals surface area contributed by atoms with Crippen LogP contribution >= 0.6 is 11.6 Å². The molecule has 2 rings (SSSR count). The van der Waals surface area contributed by atoms with E-state index in [0.717, 1.165) is 23.1 Å². The number of halogens is 1. The molecule has 0 spiro atoms. The van der Waals surface area contributed by atoms with Gasteiger partial charge in [-0.25, -0.2) is 0 Å². The first-order valence-corrected chi connectivity index (χ1v) is 6.41. The topological polar surface area (TPSA) is 42.2 Å². The van der Waals surface area contributed by atoms with E-state index < -0.39 is 11.9 Å². The van der Waals surface area contributed by atoms with Crippen LogP contribution in [0.3, 0.4) is 0 Å². The highest BCUT2D eigenvalue weighted by Gasteiger charge is 2.16. The van der Waals surface area contributed by atoms with Crippen molar-refractivity contribution >= 4 is 28.5 Å². The molecule has 0 amide bonds. The van der Waals surface area contributed by atoms with E-state index in [-0.39, 0.29) is 0 Å². The summed E-state index contributed by atoms with van der Waals surface area (Å²) < 4.78 is 2.09. The second-order valence-electron chi connectivity index (χ2n) is 4.50. The second-order valence-corrected chi connectivity index (χ2v) is 4.91. The molecule has 0 aliphatic rings. The number of carboxylic acid groups (broad SMARTS) is 1. The predicted molar refractivity (Wildman–Crippen MR) is 73.1 cm³/mol. The Bertz CT molecular complexity index is 589. The predicted octanol–water partition coefficient (Wildman–Crippen LogP) is 3.58. The number of aryl methyl sites for hydroxylation is 1. The molecule has 1 unspecified atom stereocenters. The Hall–Kier alpha value is -1.48. The first-order valence-electron chi connectivity index (χ1n) is 6.04. The zero-order valence-corrected chi connectivity index (χ0v) is 11.2. The quantitative estimate of drug-likeness (QED) is 0.918. The van der Waals surface area contributed by atoms with Crippen molar-refractivity contribution in [2.75, 3.05) is 0 Å². The fourth-order valence-electron chi connectivity index (χ4n) is 2.27.